The lowest BCUT2D eigenvalue weighted by Crippen LogP contribution is -2.35. The number of thiophene rings is 1. The van der Waals surface area contributed by atoms with Crippen LogP contribution in [0.1, 0.15) is 25.7 Å². The predicted octanol–water partition coefficient (Wildman–Crippen LogP) is 3.68. The van der Waals surface area contributed by atoms with Crippen LogP contribution >= 0.6 is 38.9 Å². The monoisotopic (exact) mass is 371 g/mol. The van der Waals surface area contributed by atoms with Gasteiger partial charge in [0.1, 0.15) is 4.21 Å². The van der Waals surface area contributed by atoms with Crippen molar-refractivity contribution in [3.05, 3.63) is 15.9 Å². The van der Waals surface area contributed by atoms with E-state index < -0.39 is 10.0 Å². The van der Waals surface area contributed by atoms with Crippen molar-refractivity contribution in [2.24, 2.45) is 0 Å². The van der Waals surface area contributed by atoms with Gasteiger partial charge in [-0.2, -0.15) is 4.31 Å². The lowest BCUT2D eigenvalue weighted by Gasteiger charge is -2.23. The second-order valence-corrected chi connectivity index (χ2v) is 8.53. The molecule has 0 spiro atoms. The van der Waals surface area contributed by atoms with Gasteiger partial charge in [0.25, 0.3) is 10.0 Å². The molecule has 2 rings (SSSR count). The van der Waals surface area contributed by atoms with Gasteiger partial charge in [-0.15, -0.1) is 22.9 Å². The lowest BCUT2D eigenvalue weighted by molar-refractivity contribution is 0.369. The minimum absolute atomic E-state index is 0.114. The SMILES string of the molecule is O=S(=O)(c1sccc1Br)N1CCCC1CCCCl. The summed E-state index contributed by atoms with van der Waals surface area (Å²) in [5.74, 6) is 0.590. The van der Waals surface area contributed by atoms with Crippen LogP contribution in [0.3, 0.4) is 0 Å². The van der Waals surface area contributed by atoms with Crippen LogP contribution in [0, 0.1) is 0 Å². The van der Waals surface area contributed by atoms with Crippen molar-refractivity contribution in [1.29, 1.82) is 0 Å². The molecule has 0 aromatic carbocycles. The Morgan fingerprint density at radius 1 is 1.56 bits per heavy atom. The maximum absolute atomic E-state index is 12.6. The summed E-state index contributed by atoms with van der Waals surface area (Å²) in [5, 5.41) is 1.79. The highest BCUT2D eigenvalue weighted by molar-refractivity contribution is 9.10. The summed E-state index contributed by atoms with van der Waals surface area (Å²) in [6, 6.07) is 1.89. The topological polar surface area (TPSA) is 37.4 Å². The summed E-state index contributed by atoms with van der Waals surface area (Å²) in [4.78, 5) is 0. The number of hydrogen-bond acceptors (Lipinski definition) is 3. The zero-order valence-electron chi connectivity index (χ0n) is 9.81. The van der Waals surface area contributed by atoms with Gasteiger partial charge in [-0.25, -0.2) is 8.42 Å². The molecule has 1 aromatic rings. The summed E-state index contributed by atoms with van der Waals surface area (Å²) < 4.78 is 27.9. The maximum atomic E-state index is 12.6. The molecule has 2 heterocycles. The quantitative estimate of drug-likeness (QED) is 0.739. The first kappa shape index (κ1) is 14.8. The van der Waals surface area contributed by atoms with E-state index in [4.69, 9.17) is 11.6 Å². The Morgan fingerprint density at radius 3 is 2.94 bits per heavy atom. The molecule has 0 bridgehead atoms. The molecule has 1 aromatic heterocycles. The molecule has 7 heteroatoms. The second kappa shape index (κ2) is 6.22. The molecule has 0 radical (unpaired) electrons. The highest BCUT2D eigenvalue weighted by Gasteiger charge is 2.36. The van der Waals surface area contributed by atoms with Crippen LogP contribution in [0.2, 0.25) is 0 Å². The van der Waals surface area contributed by atoms with Crippen LogP contribution in [0.25, 0.3) is 0 Å². The fourth-order valence-corrected chi connectivity index (χ4v) is 6.60. The molecule has 1 atom stereocenters. The van der Waals surface area contributed by atoms with Crippen molar-refractivity contribution in [3.8, 4) is 0 Å². The molecule has 0 saturated carbocycles. The summed E-state index contributed by atoms with van der Waals surface area (Å²) in [5.41, 5.74) is 0. The van der Waals surface area contributed by atoms with Crippen molar-refractivity contribution < 1.29 is 8.42 Å². The summed E-state index contributed by atoms with van der Waals surface area (Å²) in [6.45, 7) is 0.625. The highest BCUT2D eigenvalue weighted by atomic mass is 79.9. The average Bonchev–Trinajstić information content (AvgIpc) is 2.94. The van der Waals surface area contributed by atoms with Gasteiger partial charge in [0, 0.05) is 22.9 Å². The first-order valence-electron chi connectivity index (χ1n) is 5.88. The van der Waals surface area contributed by atoms with E-state index in [2.05, 4.69) is 15.9 Å². The van der Waals surface area contributed by atoms with E-state index in [1.807, 2.05) is 0 Å². The fraction of sp³-hybridized carbons (Fsp3) is 0.636. The van der Waals surface area contributed by atoms with Crippen LogP contribution in [-0.2, 0) is 10.0 Å². The Kier molecular flexibility index (Phi) is 5.11. The summed E-state index contributed by atoms with van der Waals surface area (Å²) in [6.07, 6.45) is 3.60. The molecule has 102 valence electrons. The van der Waals surface area contributed by atoms with Gasteiger partial charge < -0.3 is 0 Å². The number of halogens is 2. The first-order chi connectivity index (χ1) is 8.57. The third-order valence-corrected chi connectivity index (χ3v) is 7.99. The van der Waals surface area contributed by atoms with Crippen molar-refractivity contribution >= 4 is 48.9 Å². The van der Waals surface area contributed by atoms with Crippen LogP contribution in [0.15, 0.2) is 20.1 Å². The molecule has 1 saturated heterocycles. The molecule has 1 aliphatic heterocycles. The molecule has 0 aliphatic carbocycles. The molecule has 1 unspecified atom stereocenters. The maximum Gasteiger partial charge on any atom is 0.253 e. The Labute approximate surface area is 125 Å². The molecule has 0 amide bonds. The molecular weight excluding hydrogens is 358 g/mol. The highest BCUT2D eigenvalue weighted by Crippen LogP contribution is 2.34. The van der Waals surface area contributed by atoms with Gasteiger partial charge in [-0.1, -0.05) is 0 Å². The average molecular weight is 373 g/mol. The fourth-order valence-electron chi connectivity index (χ4n) is 2.30. The van der Waals surface area contributed by atoms with Crippen molar-refractivity contribution in [2.75, 3.05) is 12.4 Å². The Balaban J connectivity index is 2.22. The largest absolute Gasteiger partial charge is 0.253 e. The molecule has 18 heavy (non-hydrogen) atoms. The first-order valence-corrected chi connectivity index (χ1v) is 9.53. The third-order valence-electron chi connectivity index (χ3n) is 3.12. The zero-order valence-corrected chi connectivity index (χ0v) is 13.8. The van der Waals surface area contributed by atoms with Gasteiger partial charge in [-0.05, 0) is 53.1 Å². The molecule has 3 nitrogen and oxygen atoms in total. The number of hydrogen-bond donors (Lipinski definition) is 0. The molecular formula is C11H15BrClNO2S2. The van der Waals surface area contributed by atoms with Crippen LogP contribution in [0.4, 0.5) is 0 Å². The van der Waals surface area contributed by atoms with Gasteiger partial charge in [0.2, 0.25) is 0 Å². The minimum atomic E-state index is -3.34. The van der Waals surface area contributed by atoms with E-state index in [9.17, 15) is 8.42 Å². The molecule has 1 aliphatic rings. The third kappa shape index (κ3) is 2.93. The zero-order chi connectivity index (χ0) is 13.2. The Hall–Kier alpha value is 0.380. The smallest absolute Gasteiger partial charge is 0.206 e. The Bertz CT molecular complexity index is 503. The van der Waals surface area contributed by atoms with E-state index in [0.29, 0.717) is 21.1 Å². The van der Waals surface area contributed by atoms with Crippen molar-refractivity contribution in [1.82, 2.24) is 4.31 Å². The van der Waals surface area contributed by atoms with Gasteiger partial charge >= 0.3 is 0 Å². The summed E-state index contributed by atoms with van der Waals surface area (Å²) >= 11 is 10.3. The Morgan fingerprint density at radius 2 is 2.33 bits per heavy atom. The summed E-state index contributed by atoms with van der Waals surface area (Å²) in [7, 11) is -3.34. The minimum Gasteiger partial charge on any atom is -0.206 e. The number of nitrogens with zero attached hydrogens (tertiary/aromatic N) is 1. The number of rotatable bonds is 5. The predicted molar refractivity (Wildman–Crippen MR) is 78.9 cm³/mol. The van der Waals surface area contributed by atoms with E-state index in [0.717, 1.165) is 25.7 Å². The molecule has 0 N–H and O–H groups in total. The van der Waals surface area contributed by atoms with E-state index >= 15 is 0 Å². The van der Waals surface area contributed by atoms with Gasteiger partial charge in [0.05, 0.1) is 0 Å². The normalized spacial score (nSPS) is 21.6. The lowest BCUT2D eigenvalue weighted by atomic mass is 10.1. The van der Waals surface area contributed by atoms with Gasteiger partial charge in [-0.3, -0.25) is 0 Å². The standard InChI is InChI=1S/C11H15BrClNO2S2/c12-10-5-8-17-11(10)18(15,16)14-7-2-4-9(14)3-1-6-13/h5,8-9H,1-4,6-7H2. The molecule has 1 fully saturated rings. The second-order valence-electron chi connectivity index (χ2n) is 4.30. The number of sulfonamides is 1. The van der Waals surface area contributed by atoms with Crippen molar-refractivity contribution in [3.63, 3.8) is 0 Å². The van der Waals surface area contributed by atoms with E-state index in [1.165, 1.54) is 11.3 Å². The van der Waals surface area contributed by atoms with Crippen LogP contribution < -0.4 is 0 Å². The van der Waals surface area contributed by atoms with Crippen LogP contribution in [0.5, 0.6) is 0 Å². The van der Waals surface area contributed by atoms with Gasteiger partial charge in [0.15, 0.2) is 0 Å². The van der Waals surface area contributed by atoms with Crippen LogP contribution in [-0.4, -0.2) is 31.2 Å². The van der Waals surface area contributed by atoms with E-state index in [1.54, 1.807) is 15.8 Å². The van der Waals surface area contributed by atoms with E-state index in [-0.39, 0.29) is 6.04 Å². The van der Waals surface area contributed by atoms with Crippen molar-refractivity contribution in [2.45, 2.75) is 35.9 Å². The number of alkyl halides is 1.